The highest BCUT2D eigenvalue weighted by atomic mass is 32.2. The van der Waals surface area contributed by atoms with Crippen LogP contribution in [0, 0.1) is 6.92 Å². The van der Waals surface area contributed by atoms with Crippen molar-refractivity contribution in [3.8, 4) is 0 Å². The smallest absolute Gasteiger partial charge is 0.261 e. The Balaban J connectivity index is 1.40. The standard InChI is InChI=1S/C24H30N8O2S2/c1-4-17-13-16(14-18(5-2)32(17)36(33,34)21-8-6-7-10-25-21)26-24-28-22(19-9-11-35-23(19)29-24)27-20-12-15(3)30-31-20/h6-12,16-18H,4-5,13-14H2,1-3H3,(H3,26,27,28,29,30,31)/t16?,17-,18+. The Labute approximate surface area is 214 Å². The number of rotatable bonds is 8. The first-order valence-corrected chi connectivity index (χ1v) is 14.5. The molecule has 1 unspecified atom stereocenters. The van der Waals surface area contributed by atoms with E-state index in [4.69, 9.17) is 9.97 Å². The summed E-state index contributed by atoms with van der Waals surface area (Å²) >= 11 is 1.55. The van der Waals surface area contributed by atoms with Crippen molar-refractivity contribution >= 4 is 49.2 Å². The number of piperidine rings is 1. The third-order valence-electron chi connectivity index (χ3n) is 6.57. The zero-order valence-electron chi connectivity index (χ0n) is 20.5. The largest absolute Gasteiger partial charge is 0.351 e. The minimum absolute atomic E-state index is 0.0352. The van der Waals surface area contributed by atoms with Crippen molar-refractivity contribution in [2.24, 2.45) is 0 Å². The lowest BCUT2D eigenvalue weighted by atomic mass is 9.91. The molecular weight excluding hydrogens is 496 g/mol. The average Bonchev–Trinajstić information content (AvgIpc) is 3.52. The first-order valence-electron chi connectivity index (χ1n) is 12.1. The average molecular weight is 527 g/mol. The van der Waals surface area contributed by atoms with E-state index < -0.39 is 10.0 Å². The van der Waals surface area contributed by atoms with Gasteiger partial charge in [-0.05, 0) is 56.2 Å². The van der Waals surface area contributed by atoms with E-state index in [1.165, 1.54) is 6.20 Å². The van der Waals surface area contributed by atoms with E-state index in [1.54, 1.807) is 33.8 Å². The van der Waals surface area contributed by atoms with Crippen molar-refractivity contribution in [2.45, 2.75) is 69.6 Å². The number of aryl methyl sites for hydroxylation is 1. The second kappa shape index (κ2) is 10.1. The van der Waals surface area contributed by atoms with Gasteiger partial charge in [0.05, 0.1) is 5.39 Å². The van der Waals surface area contributed by atoms with Gasteiger partial charge in [-0.3, -0.25) is 5.10 Å². The summed E-state index contributed by atoms with van der Waals surface area (Å²) in [4.78, 5) is 14.5. The molecule has 5 rings (SSSR count). The van der Waals surface area contributed by atoms with Crippen molar-refractivity contribution in [3.05, 3.63) is 47.6 Å². The third-order valence-corrected chi connectivity index (χ3v) is 9.29. The lowest BCUT2D eigenvalue weighted by Crippen LogP contribution is -2.54. The van der Waals surface area contributed by atoms with Gasteiger partial charge in [0, 0.05) is 36.1 Å². The fourth-order valence-corrected chi connectivity index (χ4v) is 7.55. The number of H-pyrrole nitrogens is 1. The molecule has 36 heavy (non-hydrogen) atoms. The number of sulfonamides is 1. The number of nitrogens with one attached hydrogen (secondary N) is 3. The Morgan fingerprint density at radius 1 is 1.14 bits per heavy atom. The van der Waals surface area contributed by atoms with Crippen molar-refractivity contribution in [3.63, 3.8) is 0 Å². The lowest BCUT2D eigenvalue weighted by Gasteiger charge is -2.43. The topological polar surface area (TPSA) is 129 Å². The quantitative estimate of drug-likeness (QED) is 0.302. The van der Waals surface area contributed by atoms with Crippen LogP contribution in [0.5, 0.6) is 0 Å². The molecule has 12 heteroatoms. The fourth-order valence-electron chi connectivity index (χ4n) is 4.87. The highest BCUT2D eigenvalue weighted by molar-refractivity contribution is 7.89. The molecule has 1 fully saturated rings. The number of nitrogens with zero attached hydrogens (tertiary/aromatic N) is 5. The molecule has 4 aromatic rings. The van der Waals surface area contributed by atoms with Crippen LogP contribution in [-0.4, -0.2) is 56.0 Å². The van der Waals surface area contributed by atoms with Gasteiger partial charge in [0.25, 0.3) is 10.0 Å². The van der Waals surface area contributed by atoms with E-state index in [-0.39, 0.29) is 23.2 Å². The predicted molar refractivity (Wildman–Crippen MR) is 142 cm³/mol. The third kappa shape index (κ3) is 4.80. The Morgan fingerprint density at radius 2 is 1.92 bits per heavy atom. The molecule has 0 aliphatic carbocycles. The van der Waals surface area contributed by atoms with Crippen LogP contribution in [-0.2, 0) is 10.0 Å². The van der Waals surface area contributed by atoms with Crippen molar-refractivity contribution in [1.82, 2.24) is 29.5 Å². The summed E-state index contributed by atoms with van der Waals surface area (Å²) < 4.78 is 28.7. The van der Waals surface area contributed by atoms with Gasteiger partial charge in [0.2, 0.25) is 5.95 Å². The Morgan fingerprint density at radius 3 is 2.56 bits per heavy atom. The van der Waals surface area contributed by atoms with Crippen LogP contribution in [0.2, 0.25) is 0 Å². The monoisotopic (exact) mass is 526 g/mol. The molecule has 0 saturated carbocycles. The summed E-state index contributed by atoms with van der Waals surface area (Å²) in [5.41, 5.74) is 0.954. The number of hydrogen-bond donors (Lipinski definition) is 3. The van der Waals surface area contributed by atoms with Crippen LogP contribution < -0.4 is 10.6 Å². The van der Waals surface area contributed by atoms with Crippen LogP contribution in [0.25, 0.3) is 10.2 Å². The number of hydrogen-bond acceptors (Lipinski definition) is 9. The summed E-state index contributed by atoms with van der Waals surface area (Å²) in [6.45, 7) is 6.01. The van der Waals surface area contributed by atoms with Gasteiger partial charge in [-0.15, -0.1) is 11.3 Å². The first kappa shape index (κ1) is 24.6. The van der Waals surface area contributed by atoms with E-state index in [9.17, 15) is 8.42 Å². The molecule has 0 aromatic carbocycles. The normalized spacial score (nSPS) is 21.0. The van der Waals surface area contributed by atoms with Gasteiger partial charge < -0.3 is 10.6 Å². The summed E-state index contributed by atoms with van der Waals surface area (Å²) in [5.74, 6) is 1.90. The van der Waals surface area contributed by atoms with E-state index in [0.717, 1.165) is 15.9 Å². The minimum atomic E-state index is -3.70. The maximum absolute atomic E-state index is 13.5. The van der Waals surface area contributed by atoms with E-state index in [1.807, 2.05) is 38.3 Å². The summed E-state index contributed by atoms with van der Waals surface area (Å²) in [7, 11) is -3.70. The second-order valence-corrected chi connectivity index (χ2v) is 11.7. The van der Waals surface area contributed by atoms with Crippen molar-refractivity contribution in [2.75, 3.05) is 10.6 Å². The number of anilines is 3. The minimum Gasteiger partial charge on any atom is -0.351 e. The molecule has 10 nitrogen and oxygen atoms in total. The fraction of sp³-hybridized carbons (Fsp3) is 0.417. The van der Waals surface area contributed by atoms with Gasteiger partial charge in [0.15, 0.2) is 10.8 Å². The summed E-state index contributed by atoms with van der Waals surface area (Å²) in [6.07, 6.45) is 4.25. The van der Waals surface area contributed by atoms with Crippen LogP contribution in [0.3, 0.4) is 0 Å². The molecule has 0 amide bonds. The van der Waals surface area contributed by atoms with E-state index >= 15 is 0 Å². The number of aromatic nitrogens is 5. The van der Waals surface area contributed by atoms with Crippen LogP contribution in [0.1, 0.15) is 45.2 Å². The Bertz CT molecular complexity index is 1420. The van der Waals surface area contributed by atoms with Crippen LogP contribution in [0.15, 0.2) is 46.9 Å². The van der Waals surface area contributed by atoms with E-state index in [2.05, 4.69) is 25.8 Å². The van der Waals surface area contributed by atoms with Gasteiger partial charge in [-0.25, -0.2) is 18.4 Å². The molecule has 1 saturated heterocycles. The second-order valence-electron chi connectivity index (χ2n) is 9.04. The summed E-state index contributed by atoms with van der Waals surface area (Å²) in [5, 5.41) is 17.0. The molecule has 0 spiro atoms. The Hall–Kier alpha value is -3.09. The van der Waals surface area contributed by atoms with Crippen LogP contribution in [0.4, 0.5) is 17.6 Å². The molecule has 190 valence electrons. The van der Waals surface area contributed by atoms with E-state index in [0.29, 0.717) is 43.3 Å². The molecule has 3 atom stereocenters. The molecule has 5 heterocycles. The molecule has 0 bridgehead atoms. The highest BCUT2D eigenvalue weighted by Gasteiger charge is 2.42. The molecule has 1 aliphatic rings. The SMILES string of the molecule is CC[C@@H]1CC(Nc2nc(Nc3cc(C)[nH]n3)c3ccsc3n2)C[C@H](CC)N1S(=O)(=O)c1ccccn1. The molecule has 0 radical (unpaired) electrons. The molecular formula is C24H30N8O2S2. The highest BCUT2D eigenvalue weighted by Crippen LogP contribution is 2.34. The van der Waals surface area contributed by atoms with Crippen molar-refractivity contribution in [1.29, 1.82) is 0 Å². The zero-order chi connectivity index (χ0) is 25.3. The number of thiophene rings is 1. The van der Waals surface area contributed by atoms with Gasteiger partial charge in [0.1, 0.15) is 10.6 Å². The predicted octanol–water partition coefficient (Wildman–Crippen LogP) is 4.68. The first-order chi connectivity index (χ1) is 17.4. The van der Waals surface area contributed by atoms with Gasteiger partial charge >= 0.3 is 0 Å². The van der Waals surface area contributed by atoms with Gasteiger partial charge in [-0.2, -0.15) is 14.4 Å². The molecule has 3 N–H and O–H groups in total. The van der Waals surface area contributed by atoms with Gasteiger partial charge in [-0.1, -0.05) is 19.9 Å². The molecule has 1 aliphatic heterocycles. The van der Waals surface area contributed by atoms with Crippen molar-refractivity contribution < 1.29 is 8.42 Å². The van der Waals surface area contributed by atoms with Crippen LogP contribution >= 0.6 is 11.3 Å². The lowest BCUT2D eigenvalue weighted by molar-refractivity contribution is 0.160. The number of fused-ring (bicyclic) bond motifs is 1. The Kier molecular flexibility index (Phi) is 6.91. The maximum Gasteiger partial charge on any atom is 0.261 e. The zero-order valence-corrected chi connectivity index (χ0v) is 22.1. The number of aromatic amines is 1. The summed E-state index contributed by atoms with van der Waals surface area (Å²) in [6, 6.07) is 8.66. The molecule has 4 aromatic heterocycles. The number of pyridine rings is 1. The maximum atomic E-state index is 13.5.